The van der Waals surface area contributed by atoms with Crippen molar-refractivity contribution in [2.45, 2.75) is 9.79 Å². The van der Waals surface area contributed by atoms with Gasteiger partial charge in [-0.25, -0.2) is 5.26 Å². The maximum atomic E-state index is 12.0. The van der Waals surface area contributed by atoms with Crippen molar-refractivity contribution in [2.24, 2.45) is 15.2 Å². The molecule has 3 aromatic carbocycles. The summed E-state index contributed by atoms with van der Waals surface area (Å²) in [6.07, 6.45) is 2.81. The second kappa shape index (κ2) is 11.6. The Bertz CT molecular complexity index is 1410. The molecule has 0 aliphatic carbocycles. The smallest absolute Gasteiger partial charge is 0.282 e. The molecule has 0 aliphatic rings. The number of azo groups is 1. The minimum absolute atomic E-state index is 0.112. The van der Waals surface area contributed by atoms with Crippen molar-refractivity contribution in [3.8, 4) is 0 Å². The number of nitrogens with zero attached hydrogens (tertiary/aromatic N) is 4. The van der Waals surface area contributed by atoms with Gasteiger partial charge in [-0.1, -0.05) is 23.3 Å². The van der Waals surface area contributed by atoms with Crippen LogP contribution in [0, 0.1) is 10.1 Å². The minimum Gasteiger partial charge on any atom is -0.282 e. The Hall–Kier alpha value is -3.79. The third-order valence-electron chi connectivity index (χ3n) is 4.39. The molecular weight excluding hydrogens is 500 g/mol. The lowest BCUT2D eigenvalue weighted by atomic mass is 10.1. The van der Waals surface area contributed by atoms with Crippen LogP contribution in [-0.2, 0) is 19.5 Å². The van der Waals surface area contributed by atoms with E-state index in [1.165, 1.54) is 42.5 Å². The quantitative estimate of drug-likeness (QED) is 0.0465. The minimum atomic E-state index is -4.64. The first-order valence-corrected chi connectivity index (χ1v) is 11.6. The Balaban J connectivity index is 1.94. The van der Waals surface area contributed by atoms with E-state index in [2.05, 4.69) is 31.3 Å². The van der Waals surface area contributed by atoms with Crippen LogP contribution in [0.15, 0.2) is 85.7 Å². The normalized spacial score (nSPS) is 11.8. The molecule has 180 valence electrons. The summed E-state index contributed by atoms with van der Waals surface area (Å²) >= 11 is 0.500. The monoisotopic (exact) mass is 516 g/mol. The van der Waals surface area contributed by atoms with Crippen LogP contribution in [0.25, 0.3) is 12.2 Å². The number of hydrogen-bond donors (Lipinski definition) is 2. The van der Waals surface area contributed by atoms with Crippen LogP contribution in [0.3, 0.4) is 0 Å². The number of nitro groups is 1. The van der Waals surface area contributed by atoms with Gasteiger partial charge in [0.15, 0.2) is 0 Å². The fourth-order valence-electron chi connectivity index (χ4n) is 2.76. The van der Waals surface area contributed by atoms with Crippen molar-refractivity contribution in [2.75, 3.05) is 0 Å². The predicted molar refractivity (Wildman–Crippen MR) is 129 cm³/mol. The molecule has 0 unspecified atom stereocenters. The van der Waals surface area contributed by atoms with E-state index in [0.29, 0.717) is 29.0 Å². The van der Waals surface area contributed by atoms with Crippen LogP contribution in [-0.4, -0.2) is 29.9 Å². The highest BCUT2D eigenvalue weighted by atomic mass is 32.2. The number of benzene rings is 3. The van der Waals surface area contributed by atoms with Crippen LogP contribution in [0.2, 0.25) is 0 Å². The highest BCUT2D eigenvalue weighted by Crippen LogP contribution is 2.31. The molecule has 3 aromatic rings. The van der Waals surface area contributed by atoms with Gasteiger partial charge in [0.1, 0.15) is 4.90 Å². The number of hydrogen-bond acceptors (Lipinski definition) is 11. The lowest BCUT2D eigenvalue weighted by Crippen LogP contribution is -2.00. The summed E-state index contributed by atoms with van der Waals surface area (Å²) in [4.78, 5) is 13.9. The van der Waals surface area contributed by atoms with Gasteiger partial charge in [-0.2, -0.15) is 18.6 Å². The molecule has 0 bridgehead atoms. The van der Waals surface area contributed by atoms with Crippen molar-refractivity contribution in [1.82, 2.24) is 0 Å². The van der Waals surface area contributed by atoms with E-state index >= 15 is 0 Å². The van der Waals surface area contributed by atoms with Crippen LogP contribution >= 0.6 is 12.0 Å². The van der Waals surface area contributed by atoms with E-state index in [1.807, 2.05) is 0 Å². The first kappa shape index (κ1) is 25.8. The fraction of sp³-hybridized carbons (Fsp3) is 0. The van der Waals surface area contributed by atoms with E-state index in [9.17, 15) is 23.1 Å². The van der Waals surface area contributed by atoms with Gasteiger partial charge in [-0.3, -0.25) is 19.7 Å². The van der Waals surface area contributed by atoms with Gasteiger partial charge in [-0.05, 0) is 60.3 Å². The molecular formula is C21H16N4O8S2. The molecule has 0 aliphatic heterocycles. The van der Waals surface area contributed by atoms with Crippen molar-refractivity contribution < 1.29 is 32.5 Å². The zero-order valence-corrected chi connectivity index (χ0v) is 19.2. The van der Waals surface area contributed by atoms with E-state index < -0.39 is 19.9 Å². The van der Waals surface area contributed by atoms with E-state index in [-0.39, 0.29) is 21.8 Å². The summed E-state index contributed by atoms with van der Waals surface area (Å²) in [5.74, 6) is 0. The zero-order valence-electron chi connectivity index (χ0n) is 17.6. The largest absolute Gasteiger partial charge is 0.295 e. The van der Waals surface area contributed by atoms with Gasteiger partial charge in [0.05, 0.1) is 38.9 Å². The first-order valence-electron chi connectivity index (χ1n) is 9.42. The number of rotatable bonds is 10. The topological polar surface area (TPSA) is 173 Å². The van der Waals surface area contributed by atoms with Gasteiger partial charge in [0.2, 0.25) is 0 Å². The molecule has 2 N–H and O–H groups in total. The summed E-state index contributed by atoms with van der Waals surface area (Å²) < 4.78 is 38.0. The third-order valence-corrected chi connectivity index (χ3v) is 5.96. The lowest BCUT2D eigenvalue weighted by molar-refractivity contribution is -0.432. The fourth-order valence-corrected chi connectivity index (χ4v) is 3.97. The maximum absolute atomic E-state index is 12.0. The maximum Gasteiger partial charge on any atom is 0.295 e. The molecule has 12 nitrogen and oxygen atoms in total. The molecule has 0 fully saturated rings. The molecule has 0 heterocycles. The van der Waals surface area contributed by atoms with Crippen molar-refractivity contribution in [3.63, 3.8) is 0 Å². The molecule has 14 heteroatoms. The number of nitro benzene ring substituents is 1. The van der Waals surface area contributed by atoms with Crippen molar-refractivity contribution >= 4 is 63.8 Å². The Labute approximate surface area is 203 Å². The van der Waals surface area contributed by atoms with E-state index in [0.717, 1.165) is 6.07 Å². The van der Waals surface area contributed by atoms with Gasteiger partial charge in [0, 0.05) is 12.1 Å². The molecule has 0 spiro atoms. The Kier molecular flexibility index (Phi) is 8.53. The van der Waals surface area contributed by atoms with Crippen LogP contribution in [0.5, 0.6) is 0 Å². The van der Waals surface area contributed by atoms with Gasteiger partial charge < -0.3 is 0 Å². The van der Waals surface area contributed by atoms with Crippen LogP contribution in [0.1, 0.15) is 11.1 Å². The standard InChI is InChI=1S/C21H16N4O8S2/c1-22-16-7-9-17(10-8-16)23-24-18-6-4-15(21(12-18)35(29,30)31)3-2-14-5-11-19(25(26)27)13-20(14)34-33-32-28/h2-13,28H,1H2,(H,29,30,31)/b3-2+,24-23?. The van der Waals surface area contributed by atoms with Gasteiger partial charge in [-0.15, -0.1) is 4.33 Å². The lowest BCUT2D eigenvalue weighted by Gasteiger charge is -2.06. The van der Waals surface area contributed by atoms with E-state index in [1.54, 1.807) is 24.3 Å². The van der Waals surface area contributed by atoms with Crippen LogP contribution in [0.4, 0.5) is 22.7 Å². The van der Waals surface area contributed by atoms with Crippen molar-refractivity contribution in [3.05, 3.63) is 81.9 Å². The molecule has 35 heavy (non-hydrogen) atoms. The summed E-state index contributed by atoms with van der Waals surface area (Å²) in [5, 5.41) is 31.0. The van der Waals surface area contributed by atoms with E-state index in [4.69, 9.17) is 5.26 Å². The van der Waals surface area contributed by atoms with Gasteiger partial charge >= 0.3 is 0 Å². The zero-order chi connectivity index (χ0) is 25.4. The van der Waals surface area contributed by atoms with Gasteiger partial charge in [0.25, 0.3) is 15.8 Å². The molecule has 0 radical (unpaired) electrons. The number of aliphatic imine (C=N–C) groups is 1. The average molecular weight is 517 g/mol. The predicted octanol–water partition coefficient (Wildman–Crippen LogP) is 6.19. The van der Waals surface area contributed by atoms with Crippen molar-refractivity contribution in [1.29, 1.82) is 0 Å². The highest BCUT2D eigenvalue weighted by molar-refractivity contribution is 7.94. The summed E-state index contributed by atoms with van der Waals surface area (Å²) in [7, 11) is -4.64. The SMILES string of the molecule is C=Nc1ccc(N=Nc2ccc(/C=C/c3ccc([N+](=O)[O-])cc3SOOO)c(S(=O)(=O)O)c2)cc1. The molecule has 0 amide bonds. The molecule has 0 aromatic heterocycles. The number of non-ortho nitro benzene ring substituents is 1. The summed E-state index contributed by atoms with van der Waals surface area (Å²) in [6, 6.07) is 14.5. The summed E-state index contributed by atoms with van der Waals surface area (Å²) in [5.41, 5.74) is 1.56. The second-order valence-corrected chi connectivity index (χ2v) is 8.74. The Morgan fingerprint density at radius 3 is 2.17 bits per heavy atom. The molecule has 0 saturated carbocycles. The molecule has 3 rings (SSSR count). The highest BCUT2D eigenvalue weighted by Gasteiger charge is 2.16. The summed E-state index contributed by atoms with van der Waals surface area (Å²) in [6.45, 7) is 3.42. The third kappa shape index (κ3) is 7.10. The Morgan fingerprint density at radius 2 is 1.54 bits per heavy atom. The Morgan fingerprint density at radius 1 is 0.943 bits per heavy atom. The second-order valence-electron chi connectivity index (χ2n) is 6.61. The molecule has 0 atom stereocenters. The van der Waals surface area contributed by atoms with Crippen LogP contribution < -0.4 is 0 Å². The average Bonchev–Trinajstić information content (AvgIpc) is 2.85. The molecule has 0 saturated heterocycles. The first-order chi connectivity index (χ1) is 16.7.